The van der Waals surface area contributed by atoms with E-state index < -0.39 is 16.0 Å². The molecule has 0 spiro atoms. The number of esters is 1. The number of rotatable bonds is 5. The summed E-state index contributed by atoms with van der Waals surface area (Å²) in [5, 5.41) is 1.63. The van der Waals surface area contributed by atoms with Crippen molar-refractivity contribution in [3.63, 3.8) is 0 Å². The van der Waals surface area contributed by atoms with E-state index in [9.17, 15) is 13.2 Å². The first-order valence-electron chi connectivity index (χ1n) is 7.36. The van der Waals surface area contributed by atoms with Gasteiger partial charge in [-0.15, -0.1) is 11.3 Å². The zero-order valence-electron chi connectivity index (χ0n) is 13.3. The molecule has 128 valence electrons. The fraction of sp³-hybridized carbons (Fsp3) is 0.0556. The number of benzene rings is 2. The van der Waals surface area contributed by atoms with Crippen LogP contribution in [0.25, 0.3) is 11.1 Å². The molecule has 0 unspecified atom stereocenters. The Morgan fingerprint density at radius 1 is 1.00 bits per heavy atom. The number of anilines is 1. The third-order valence-electron chi connectivity index (χ3n) is 3.54. The number of thiophene rings is 1. The van der Waals surface area contributed by atoms with E-state index in [-0.39, 0.29) is 15.5 Å². The molecule has 2 aromatic carbocycles. The minimum Gasteiger partial charge on any atom is -0.465 e. The second-order valence-corrected chi connectivity index (χ2v) is 7.69. The van der Waals surface area contributed by atoms with Crippen molar-refractivity contribution >= 4 is 33.0 Å². The smallest absolute Gasteiger partial charge is 0.350 e. The summed E-state index contributed by atoms with van der Waals surface area (Å²) in [5.41, 5.74) is 1.59. The number of hydrogen-bond donors (Lipinski definition) is 1. The van der Waals surface area contributed by atoms with Gasteiger partial charge in [0.25, 0.3) is 10.0 Å². The van der Waals surface area contributed by atoms with Gasteiger partial charge >= 0.3 is 5.97 Å². The number of carbonyl (C=O) groups excluding carboxylic acids is 1. The van der Waals surface area contributed by atoms with Gasteiger partial charge in [-0.05, 0) is 23.1 Å². The van der Waals surface area contributed by atoms with Gasteiger partial charge in [0.1, 0.15) is 4.88 Å². The van der Waals surface area contributed by atoms with Gasteiger partial charge in [0.2, 0.25) is 0 Å². The van der Waals surface area contributed by atoms with Crippen molar-refractivity contribution in [3.05, 3.63) is 70.9 Å². The molecular weight excluding hydrogens is 358 g/mol. The fourth-order valence-corrected chi connectivity index (χ4v) is 4.53. The molecule has 0 aliphatic heterocycles. The van der Waals surface area contributed by atoms with Crippen molar-refractivity contribution in [2.45, 2.75) is 4.90 Å². The summed E-state index contributed by atoms with van der Waals surface area (Å²) in [4.78, 5) is 12.1. The van der Waals surface area contributed by atoms with Gasteiger partial charge < -0.3 is 4.74 Å². The molecule has 0 amide bonds. The lowest BCUT2D eigenvalue weighted by atomic mass is 10.1. The molecule has 0 saturated heterocycles. The highest BCUT2D eigenvalue weighted by atomic mass is 32.2. The van der Waals surface area contributed by atoms with Gasteiger partial charge in [-0.2, -0.15) is 0 Å². The zero-order valence-corrected chi connectivity index (χ0v) is 14.9. The topological polar surface area (TPSA) is 72.5 Å². The fourth-order valence-electron chi connectivity index (χ4n) is 2.40. The summed E-state index contributed by atoms with van der Waals surface area (Å²) in [6, 6.07) is 17.5. The quantitative estimate of drug-likeness (QED) is 0.686. The molecule has 0 aliphatic rings. The van der Waals surface area contributed by atoms with Crippen LogP contribution in [0.4, 0.5) is 5.69 Å². The predicted octanol–water partition coefficient (Wildman–Crippen LogP) is 4.00. The second kappa shape index (κ2) is 7.08. The van der Waals surface area contributed by atoms with Crippen molar-refractivity contribution < 1.29 is 17.9 Å². The van der Waals surface area contributed by atoms with Crippen molar-refractivity contribution in [2.75, 3.05) is 11.8 Å². The highest BCUT2D eigenvalue weighted by molar-refractivity contribution is 7.92. The molecular formula is C18H15NO4S2. The van der Waals surface area contributed by atoms with Crippen LogP contribution in [-0.2, 0) is 14.8 Å². The van der Waals surface area contributed by atoms with Crippen molar-refractivity contribution in [1.82, 2.24) is 0 Å². The molecule has 1 heterocycles. The SMILES string of the molecule is COC(=O)c1sccc1NS(=O)(=O)c1ccccc1-c1ccccc1. The number of sulfonamides is 1. The third kappa shape index (κ3) is 3.57. The van der Waals surface area contributed by atoms with Gasteiger partial charge in [-0.25, -0.2) is 13.2 Å². The van der Waals surface area contributed by atoms with Gasteiger partial charge in [0, 0.05) is 5.56 Å². The first-order chi connectivity index (χ1) is 12.0. The number of ether oxygens (including phenoxy) is 1. The Bertz CT molecular complexity index is 995. The average molecular weight is 373 g/mol. The van der Waals surface area contributed by atoms with Crippen LogP contribution in [0.5, 0.6) is 0 Å². The minimum absolute atomic E-state index is 0.142. The van der Waals surface area contributed by atoms with Crippen LogP contribution < -0.4 is 4.72 Å². The maximum atomic E-state index is 12.9. The Kier molecular flexibility index (Phi) is 4.87. The average Bonchev–Trinajstić information content (AvgIpc) is 3.09. The van der Waals surface area contributed by atoms with Crippen LogP contribution >= 0.6 is 11.3 Å². The zero-order chi connectivity index (χ0) is 17.9. The standard InChI is InChI=1S/C18H15NO4S2/c1-23-18(20)17-15(11-12-24-17)19-25(21,22)16-10-6-5-9-14(16)13-7-3-2-4-8-13/h2-12,19H,1H3. The van der Waals surface area contributed by atoms with E-state index >= 15 is 0 Å². The Balaban J connectivity index is 2.03. The molecule has 0 aliphatic carbocycles. The van der Waals surface area contributed by atoms with E-state index in [1.165, 1.54) is 13.2 Å². The predicted molar refractivity (Wildman–Crippen MR) is 98.3 cm³/mol. The molecule has 3 aromatic rings. The number of hydrogen-bond acceptors (Lipinski definition) is 5. The summed E-state index contributed by atoms with van der Waals surface area (Å²) in [6.07, 6.45) is 0. The van der Waals surface area contributed by atoms with Crippen LogP contribution in [0.15, 0.2) is 70.9 Å². The molecule has 0 fully saturated rings. The summed E-state index contributed by atoms with van der Waals surface area (Å²) >= 11 is 1.12. The first-order valence-corrected chi connectivity index (χ1v) is 9.72. The van der Waals surface area contributed by atoms with Crippen molar-refractivity contribution in [1.29, 1.82) is 0 Å². The molecule has 25 heavy (non-hydrogen) atoms. The van der Waals surface area contributed by atoms with Crippen LogP contribution in [0.1, 0.15) is 9.67 Å². The van der Waals surface area contributed by atoms with E-state index in [0.717, 1.165) is 16.9 Å². The summed E-state index contributed by atoms with van der Waals surface area (Å²) in [5.74, 6) is -0.580. The highest BCUT2D eigenvalue weighted by Crippen LogP contribution is 2.30. The number of carbonyl (C=O) groups is 1. The highest BCUT2D eigenvalue weighted by Gasteiger charge is 2.23. The molecule has 7 heteroatoms. The Morgan fingerprint density at radius 3 is 2.40 bits per heavy atom. The number of methoxy groups -OCH3 is 1. The molecule has 5 nitrogen and oxygen atoms in total. The van der Waals surface area contributed by atoms with Crippen LogP contribution in [0.3, 0.4) is 0 Å². The van der Waals surface area contributed by atoms with Crippen LogP contribution in [-0.4, -0.2) is 21.5 Å². The Labute approximate surface area is 150 Å². The summed E-state index contributed by atoms with van der Waals surface area (Å²) in [7, 11) is -2.62. The van der Waals surface area contributed by atoms with E-state index in [2.05, 4.69) is 9.46 Å². The van der Waals surface area contributed by atoms with Gasteiger partial charge in [0.05, 0.1) is 17.7 Å². The van der Waals surface area contributed by atoms with E-state index in [4.69, 9.17) is 0 Å². The molecule has 1 aromatic heterocycles. The molecule has 0 bridgehead atoms. The monoisotopic (exact) mass is 373 g/mol. The minimum atomic E-state index is -3.88. The molecule has 3 rings (SSSR count). The summed E-state index contributed by atoms with van der Waals surface area (Å²) < 4.78 is 33.0. The van der Waals surface area contributed by atoms with E-state index in [1.807, 2.05) is 30.3 Å². The van der Waals surface area contributed by atoms with E-state index in [0.29, 0.717) is 5.56 Å². The lowest BCUT2D eigenvalue weighted by Gasteiger charge is -2.12. The normalized spacial score (nSPS) is 11.1. The largest absolute Gasteiger partial charge is 0.465 e. The second-order valence-electron chi connectivity index (χ2n) is 5.12. The lowest BCUT2D eigenvalue weighted by molar-refractivity contribution is 0.0607. The Hall–Kier alpha value is -2.64. The molecule has 0 saturated carbocycles. The maximum Gasteiger partial charge on any atom is 0.350 e. The van der Waals surface area contributed by atoms with Crippen LogP contribution in [0.2, 0.25) is 0 Å². The van der Waals surface area contributed by atoms with E-state index in [1.54, 1.807) is 29.6 Å². The summed E-state index contributed by atoms with van der Waals surface area (Å²) in [6.45, 7) is 0. The van der Waals surface area contributed by atoms with Gasteiger partial charge in [-0.1, -0.05) is 48.5 Å². The maximum absolute atomic E-state index is 12.9. The molecule has 0 atom stereocenters. The van der Waals surface area contributed by atoms with Crippen molar-refractivity contribution in [3.8, 4) is 11.1 Å². The molecule has 1 N–H and O–H groups in total. The number of nitrogens with one attached hydrogen (secondary N) is 1. The lowest BCUT2D eigenvalue weighted by Crippen LogP contribution is -2.15. The van der Waals surface area contributed by atoms with Gasteiger partial charge in [-0.3, -0.25) is 4.72 Å². The van der Waals surface area contributed by atoms with Gasteiger partial charge in [0.15, 0.2) is 0 Å². The van der Waals surface area contributed by atoms with Crippen LogP contribution in [0, 0.1) is 0 Å². The first kappa shape index (κ1) is 17.2. The third-order valence-corrected chi connectivity index (χ3v) is 5.86. The van der Waals surface area contributed by atoms with Crippen molar-refractivity contribution in [2.24, 2.45) is 0 Å². The Morgan fingerprint density at radius 2 is 1.68 bits per heavy atom. The molecule has 0 radical (unpaired) electrons.